The molecule has 0 spiro atoms. The quantitative estimate of drug-likeness (QED) is 0.846. The van der Waals surface area contributed by atoms with E-state index in [0.717, 1.165) is 12.0 Å². The molecule has 1 amide bonds. The molecule has 0 aliphatic carbocycles. The monoisotopic (exact) mass is 315 g/mol. The van der Waals surface area contributed by atoms with E-state index in [1.807, 2.05) is 30.3 Å². The van der Waals surface area contributed by atoms with Crippen LogP contribution < -0.4 is 16.6 Å². The molecule has 1 aromatic heterocycles. The molecule has 0 radical (unpaired) electrons. The van der Waals surface area contributed by atoms with Crippen LogP contribution in [-0.4, -0.2) is 15.5 Å². The van der Waals surface area contributed by atoms with Crippen LogP contribution in [0.25, 0.3) is 0 Å². The van der Waals surface area contributed by atoms with Gasteiger partial charge >= 0.3 is 5.69 Å². The van der Waals surface area contributed by atoms with E-state index in [9.17, 15) is 14.4 Å². The highest BCUT2D eigenvalue weighted by atomic mass is 16.2. The number of amides is 1. The molecule has 122 valence electrons. The molecule has 2 rings (SSSR count). The van der Waals surface area contributed by atoms with Crippen molar-refractivity contribution >= 4 is 5.91 Å². The Hall–Kier alpha value is -2.63. The summed E-state index contributed by atoms with van der Waals surface area (Å²) in [5, 5.41) is 2.96. The molecule has 1 heterocycles. The third kappa shape index (κ3) is 4.95. The minimum atomic E-state index is -0.590. The molecular formula is C17H21N3O3. The second kappa shape index (κ2) is 7.58. The van der Waals surface area contributed by atoms with E-state index < -0.39 is 11.2 Å². The van der Waals surface area contributed by atoms with Crippen molar-refractivity contribution in [1.29, 1.82) is 0 Å². The summed E-state index contributed by atoms with van der Waals surface area (Å²) in [4.78, 5) is 37.1. The Balaban J connectivity index is 2.11. The van der Waals surface area contributed by atoms with Gasteiger partial charge in [0.1, 0.15) is 6.54 Å². The highest BCUT2D eigenvalue weighted by Gasteiger charge is 2.16. The lowest BCUT2D eigenvalue weighted by molar-refractivity contribution is -0.122. The first-order valence-electron chi connectivity index (χ1n) is 7.60. The molecule has 0 saturated heterocycles. The molecule has 2 N–H and O–H groups in total. The van der Waals surface area contributed by atoms with Gasteiger partial charge in [-0.25, -0.2) is 4.79 Å². The van der Waals surface area contributed by atoms with Gasteiger partial charge in [-0.3, -0.25) is 19.1 Å². The Bertz CT molecular complexity index is 762. The number of carbonyl (C=O) groups excluding carboxylic acids is 1. The molecule has 0 aliphatic heterocycles. The third-order valence-electron chi connectivity index (χ3n) is 3.46. The SMILES string of the molecule is CC(C)C[C@H](NC(=O)Cn1ccc(=O)[nH]c1=O)c1ccccc1. The summed E-state index contributed by atoms with van der Waals surface area (Å²) in [6.45, 7) is 4.06. The number of nitrogens with one attached hydrogen (secondary N) is 2. The van der Waals surface area contributed by atoms with Gasteiger partial charge in [0, 0.05) is 12.3 Å². The number of rotatable bonds is 6. The number of benzene rings is 1. The molecule has 0 fully saturated rings. The first-order valence-corrected chi connectivity index (χ1v) is 7.60. The highest BCUT2D eigenvalue weighted by molar-refractivity contribution is 5.76. The Morgan fingerprint density at radius 3 is 2.48 bits per heavy atom. The van der Waals surface area contributed by atoms with Gasteiger partial charge in [0.15, 0.2) is 0 Å². The van der Waals surface area contributed by atoms with Crippen LogP contribution in [0, 0.1) is 5.92 Å². The Morgan fingerprint density at radius 2 is 1.87 bits per heavy atom. The van der Waals surface area contributed by atoms with E-state index in [1.165, 1.54) is 16.8 Å². The average molecular weight is 315 g/mol. The molecule has 6 nitrogen and oxygen atoms in total. The summed E-state index contributed by atoms with van der Waals surface area (Å²) in [5.41, 5.74) is -0.0373. The first-order chi connectivity index (χ1) is 11.0. The fraction of sp³-hybridized carbons (Fsp3) is 0.353. The molecule has 2 aromatic rings. The Kier molecular flexibility index (Phi) is 5.51. The zero-order chi connectivity index (χ0) is 16.8. The molecule has 0 unspecified atom stereocenters. The van der Waals surface area contributed by atoms with Gasteiger partial charge in [-0.15, -0.1) is 0 Å². The molecule has 6 heteroatoms. The highest BCUT2D eigenvalue weighted by Crippen LogP contribution is 2.20. The van der Waals surface area contributed by atoms with Crippen LogP contribution in [0.2, 0.25) is 0 Å². The molecule has 1 aromatic carbocycles. The predicted octanol–water partition coefficient (Wildman–Crippen LogP) is 1.44. The summed E-state index contributed by atoms with van der Waals surface area (Å²) in [5.74, 6) is 0.143. The van der Waals surface area contributed by atoms with Gasteiger partial charge in [0.25, 0.3) is 5.56 Å². The molecule has 1 atom stereocenters. The number of hydrogen-bond donors (Lipinski definition) is 2. The fourth-order valence-electron chi connectivity index (χ4n) is 2.40. The smallest absolute Gasteiger partial charge is 0.328 e. The zero-order valence-corrected chi connectivity index (χ0v) is 13.3. The van der Waals surface area contributed by atoms with Crippen molar-refractivity contribution in [2.75, 3.05) is 0 Å². The van der Waals surface area contributed by atoms with Crippen molar-refractivity contribution in [3.05, 3.63) is 69.0 Å². The van der Waals surface area contributed by atoms with E-state index in [0.29, 0.717) is 5.92 Å². The van der Waals surface area contributed by atoms with Crippen LogP contribution in [-0.2, 0) is 11.3 Å². The van der Waals surface area contributed by atoms with Crippen molar-refractivity contribution < 1.29 is 4.79 Å². The second-order valence-electron chi connectivity index (χ2n) is 5.90. The van der Waals surface area contributed by atoms with Gasteiger partial charge in [-0.1, -0.05) is 44.2 Å². The topological polar surface area (TPSA) is 84.0 Å². The molecule has 23 heavy (non-hydrogen) atoms. The van der Waals surface area contributed by atoms with Crippen LogP contribution in [0.3, 0.4) is 0 Å². The van der Waals surface area contributed by atoms with Crippen LogP contribution in [0.1, 0.15) is 31.9 Å². The maximum absolute atomic E-state index is 12.3. The van der Waals surface area contributed by atoms with Crippen molar-refractivity contribution in [2.45, 2.75) is 32.9 Å². The summed E-state index contributed by atoms with van der Waals surface area (Å²) in [7, 11) is 0. The van der Waals surface area contributed by atoms with Gasteiger partial charge < -0.3 is 5.32 Å². The number of aromatic nitrogens is 2. The second-order valence-corrected chi connectivity index (χ2v) is 5.90. The van der Waals surface area contributed by atoms with Crippen molar-refractivity contribution in [2.24, 2.45) is 5.92 Å². The summed E-state index contributed by atoms with van der Waals surface area (Å²) >= 11 is 0. The maximum atomic E-state index is 12.3. The lowest BCUT2D eigenvalue weighted by atomic mass is 9.97. The van der Waals surface area contributed by atoms with E-state index in [-0.39, 0.29) is 18.5 Å². The number of nitrogens with zero attached hydrogens (tertiary/aromatic N) is 1. The van der Waals surface area contributed by atoms with Crippen molar-refractivity contribution in [1.82, 2.24) is 14.9 Å². The van der Waals surface area contributed by atoms with Crippen LogP contribution in [0.15, 0.2) is 52.2 Å². The zero-order valence-electron chi connectivity index (χ0n) is 13.3. The standard InChI is InChI=1S/C17H21N3O3/c1-12(2)10-14(13-6-4-3-5-7-13)18-16(22)11-20-9-8-15(21)19-17(20)23/h3-9,12,14H,10-11H2,1-2H3,(H,18,22)(H,19,21,23)/t14-/m0/s1. The summed E-state index contributed by atoms with van der Waals surface area (Å²) in [6.07, 6.45) is 2.12. The minimum Gasteiger partial charge on any atom is -0.348 e. The summed E-state index contributed by atoms with van der Waals surface area (Å²) in [6, 6.07) is 10.8. The normalized spacial score (nSPS) is 12.1. The lowest BCUT2D eigenvalue weighted by Gasteiger charge is -2.21. The first kappa shape index (κ1) is 16.7. The molecular weight excluding hydrogens is 294 g/mol. The minimum absolute atomic E-state index is 0.109. The van der Waals surface area contributed by atoms with Gasteiger partial charge in [0.05, 0.1) is 6.04 Å². The maximum Gasteiger partial charge on any atom is 0.328 e. The van der Waals surface area contributed by atoms with Crippen molar-refractivity contribution in [3.63, 3.8) is 0 Å². The van der Waals surface area contributed by atoms with Gasteiger partial charge in [-0.05, 0) is 17.9 Å². The number of H-pyrrole nitrogens is 1. The van der Waals surface area contributed by atoms with Gasteiger partial charge in [-0.2, -0.15) is 0 Å². The molecule has 0 bridgehead atoms. The number of carbonyl (C=O) groups is 1. The Labute approximate surface area is 134 Å². The Morgan fingerprint density at radius 1 is 1.17 bits per heavy atom. The van der Waals surface area contributed by atoms with Crippen LogP contribution in [0.5, 0.6) is 0 Å². The molecule has 0 saturated carbocycles. The average Bonchev–Trinajstić information content (AvgIpc) is 2.50. The fourth-order valence-corrected chi connectivity index (χ4v) is 2.40. The lowest BCUT2D eigenvalue weighted by Crippen LogP contribution is -2.37. The van der Waals surface area contributed by atoms with Crippen molar-refractivity contribution in [3.8, 4) is 0 Å². The summed E-state index contributed by atoms with van der Waals surface area (Å²) < 4.78 is 1.17. The van der Waals surface area contributed by atoms with E-state index in [2.05, 4.69) is 24.1 Å². The number of hydrogen-bond acceptors (Lipinski definition) is 3. The van der Waals surface area contributed by atoms with E-state index >= 15 is 0 Å². The van der Waals surface area contributed by atoms with Crippen LogP contribution >= 0.6 is 0 Å². The van der Waals surface area contributed by atoms with E-state index in [4.69, 9.17) is 0 Å². The third-order valence-corrected chi connectivity index (χ3v) is 3.46. The van der Waals surface area contributed by atoms with Gasteiger partial charge in [0.2, 0.25) is 5.91 Å². The molecule has 0 aliphatic rings. The van der Waals surface area contributed by atoms with Crippen LogP contribution in [0.4, 0.5) is 0 Å². The largest absolute Gasteiger partial charge is 0.348 e. The van der Waals surface area contributed by atoms with E-state index in [1.54, 1.807) is 0 Å². The number of aromatic amines is 1. The predicted molar refractivity (Wildman–Crippen MR) is 88.1 cm³/mol.